The second kappa shape index (κ2) is 8.31. The monoisotopic (exact) mass is 280 g/mol. The van der Waals surface area contributed by atoms with Crippen molar-refractivity contribution in [3.8, 4) is 0 Å². The maximum absolute atomic E-state index is 11.8. The van der Waals surface area contributed by atoms with Gasteiger partial charge in [0.25, 0.3) is 0 Å². The maximum atomic E-state index is 11.8. The molecule has 0 saturated carbocycles. The highest BCUT2D eigenvalue weighted by Gasteiger charge is 2.15. The first-order valence-electron chi connectivity index (χ1n) is 6.92. The molecule has 1 amide bonds. The minimum absolute atomic E-state index is 0.0160. The zero-order chi connectivity index (χ0) is 15.0. The molecule has 1 aromatic heterocycles. The molecule has 4 N–H and O–H groups in total. The first-order chi connectivity index (χ1) is 9.63. The second-order valence-corrected chi connectivity index (χ2v) is 4.62. The SMILES string of the molecule is CCCNC(=O)CN(C)c1ncnc(NN)c1CCC. The average molecular weight is 280 g/mol. The largest absolute Gasteiger partial charge is 0.355 e. The highest BCUT2D eigenvalue weighted by molar-refractivity contribution is 5.81. The fourth-order valence-corrected chi connectivity index (χ4v) is 1.95. The van der Waals surface area contributed by atoms with Crippen LogP contribution < -0.4 is 21.5 Å². The van der Waals surface area contributed by atoms with Crippen LogP contribution in [-0.2, 0) is 11.2 Å². The molecule has 0 spiro atoms. The van der Waals surface area contributed by atoms with Crippen LogP contribution in [0.3, 0.4) is 0 Å². The second-order valence-electron chi connectivity index (χ2n) is 4.62. The third-order valence-corrected chi connectivity index (χ3v) is 2.87. The molecule has 20 heavy (non-hydrogen) atoms. The van der Waals surface area contributed by atoms with Crippen LogP contribution in [0.1, 0.15) is 32.3 Å². The normalized spacial score (nSPS) is 10.2. The summed E-state index contributed by atoms with van der Waals surface area (Å²) in [5.41, 5.74) is 3.52. The molecule has 0 unspecified atom stereocenters. The van der Waals surface area contributed by atoms with E-state index in [0.717, 1.165) is 30.6 Å². The molecule has 1 heterocycles. The van der Waals surface area contributed by atoms with Crippen LogP contribution >= 0.6 is 0 Å². The number of carbonyl (C=O) groups is 1. The average Bonchev–Trinajstić information content (AvgIpc) is 2.45. The molecule has 0 aliphatic rings. The topological polar surface area (TPSA) is 96.2 Å². The number of aromatic nitrogens is 2. The predicted octanol–water partition coefficient (Wildman–Crippen LogP) is 0.677. The molecule has 1 aromatic rings. The lowest BCUT2D eigenvalue weighted by atomic mass is 10.1. The molecule has 112 valence electrons. The number of amides is 1. The van der Waals surface area contributed by atoms with Crippen LogP contribution in [0, 0.1) is 0 Å². The number of carbonyl (C=O) groups excluding carboxylic acids is 1. The molecule has 0 saturated heterocycles. The number of rotatable bonds is 8. The quantitative estimate of drug-likeness (QED) is 0.478. The fourth-order valence-electron chi connectivity index (χ4n) is 1.95. The van der Waals surface area contributed by atoms with Crippen molar-refractivity contribution in [3.05, 3.63) is 11.9 Å². The Bertz CT molecular complexity index is 437. The molecule has 1 rings (SSSR count). The smallest absolute Gasteiger partial charge is 0.239 e. The van der Waals surface area contributed by atoms with Gasteiger partial charge in [0.15, 0.2) is 0 Å². The lowest BCUT2D eigenvalue weighted by Crippen LogP contribution is -2.36. The molecular formula is C13H24N6O. The Labute approximate surface area is 119 Å². The summed E-state index contributed by atoms with van der Waals surface area (Å²) in [5.74, 6) is 6.81. The predicted molar refractivity (Wildman–Crippen MR) is 80.4 cm³/mol. The van der Waals surface area contributed by atoms with Gasteiger partial charge in [-0.15, -0.1) is 0 Å². The van der Waals surface area contributed by atoms with Crippen molar-refractivity contribution in [1.82, 2.24) is 15.3 Å². The number of hydrogen-bond donors (Lipinski definition) is 3. The van der Waals surface area contributed by atoms with Crippen LogP contribution in [0.4, 0.5) is 11.6 Å². The summed E-state index contributed by atoms with van der Waals surface area (Å²) in [6, 6.07) is 0. The van der Waals surface area contributed by atoms with E-state index in [1.54, 1.807) is 0 Å². The highest BCUT2D eigenvalue weighted by Crippen LogP contribution is 2.23. The number of nitrogen functional groups attached to an aromatic ring is 1. The first-order valence-corrected chi connectivity index (χ1v) is 6.92. The summed E-state index contributed by atoms with van der Waals surface area (Å²) in [7, 11) is 1.84. The molecule has 0 atom stereocenters. The number of nitrogens with zero attached hydrogens (tertiary/aromatic N) is 3. The van der Waals surface area contributed by atoms with Crippen molar-refractivity contribution in [3.63, 3.8) is 0 Å². The van der Waals surface area contributed by atoms with Gasteiger partial charge in [0.2, 0.25) is 5.91 Å². The lowest BCUT2D eigenvalue weighted by molar-refractivity contribution is -0.119. The standard InChI is InChI=1S/C13H24N6O/c1-4-6-10-12(18-14)16-9-17-13(10)19(3)8-11(20)15-7-5-2/h9H,4-8,14H2,1-3H3,(H,15,20)(H,16,17,18). The summed E-state index contributed by atoms with van der Waals surface area (Å²) >= 11 is 0. The number of nitrogens with one attached hydrogen (secondary N) is 2. The van der Waals surface area contributed by atoms with E-state index in [2.05, 4.69) is 27.6 Å². The van der Waals surface area contributed by atoms with Crippen molar-refractivity contribution < 1.29 is 4.79 Å². The van der Waals surface area contributed by atoms with E-state index in [0.29, 0.717) is 12.4 Å². The highest BCUT2D eigenvalue weighted by atomic mass is 16.2. The number of nitrogens with two attached hydrogens (primary N) is 1. The molecule has 0 aliphatic carbocycles. The summed E-state index contributed by atoms with van der Waals surface area (Å²) < 4.78 is 0. The molecule has 7 heteroatoms. The number of likely N-dealkylation sites (N-methyl/N-ethyl adjacent to an activating group) is 1. The van der Waals surface area contributed by atoms with Crippen LogP contribution in [0.5, 0.6) is 0 Å². The number of hydrazine groups is 1. The van der Waals surface area contributed by atoms with Gasteiger partial charge in [-0.05, 0) is 12.8 Å². The van der Waals surface area contributed by atoms with Gasteiger partial charge in [0, 0.05) is 19.2 Å². The van der Waals surface area contributed by atoms with Crippen molar-refractivity contribution in [1.29, 1.82) is 0 Å². The summed E-state index contributed by atoms with van der Waals surface area (Å²) in [6.07, 6.45) is 4.12. The van der Waals surface area contributed by atoms with E-state index >= 15 is 0 Å². The van der Waals surface area contributed by atoms with Crippen molar-refractivity contribution >= 4 is 17.5 Å². The summed E-state index contributed by atoms with van der Waals surface area (Å²) in [5, 5.41) is 2.85. The van der Waals surface area contributed by atoms with Gasteiger partial charge in [-0.2, -0.15) is 0 Å². The summed E-state index contributed by atoms with van der Waals surface area (Å²) in [4.78, 5) is 22.0. The van der Waals surface area contributed by atoms with E-state index in [1.807, 2.05) is 18.9 Å². The van der Waals surface area contributed by atoms with E-state index in [9.17, 15) is 4.79 Å². The lowest BCUT2D eigenvalue weighted by Gasteiger charge is -2.21. The van der Waals surface area contributed by atoms with Gasteiger partial charge in [0.1, 0.15) is 18.0 Å². The van der Waals surface area contributed by atoms with Crippen molar-refractivity contribution in [2.24, 2.45) is 5.84 Å². The van der Waals surface area contributed by atoms with Gasteiger partial charge in [-0.25, -0.2) is 15.8 Å². The van der Waals surface area contributed by atoms with Crippen LogP contribution in [0.15, 0.2) is 6.33 Å². The molecule has 7 nitrogen and oxygen atoms in total. The van der Waals surface area contributed by atoms with Gasteiger partial charge in [0.05, 0.1) is 6.54 Å². The Morgan fingerprint density at radius 1 is 1.35 bits per heavy atom. The molecule has 0 fully saturated rings. The number of hydrogen-bond acceptors (Lipinski definition) is 6. The molecule has 0 aliphatic heterocycles. The molecule has 0 bridgehead atoms. The third kappa shape index (κ3) is 4.34. The van der Waals surface area contributed by atoms with E-state index < -0.39 is 0 Å². The minimum atomic E-state index is -0.0160. The van der Waals surface area contributed by atoms with Gasteiger partial charge in [-0.1, -0.05) is 20.3 Å². The van der Waals surface area contributed by atoms with Crippen molar-refractivity contribution in [2.45, 2.75) is 33.1 Å². The zero-order valence-electron chi connectivity index (χ0n) is 12.4. The number of anilines is 2. The zero-order valence-corrected chi connectivity index (χ0v) is 12.4. The van der Waals surface area contributed by atoms with E-state index in [1.165, 1.54) is 6.33 Å². The fraction of sp³-hybridized carbons (Fsp3) is 0.615. The van der Waals surface area contributed by atoms with Crippen molar-refractivity contribution in [2.75, 3.05) is 30.5 Å². The Morgan fingerprint density at radius 3 is 2.70 bits per heavy atom. The Morgan fingerprint density at radius 2 is 2.10 bits per heavy atom. The Kier molecular flexibility index (Phi) is 6.72. The molecule has 0 aromatic carbocycles. The molecule has 0 radical (unpaired) electrons. The third-order valence-electron chi connectivity index (χ3n) is 2.87. The van der Waals surface area contributed by atoms with Gasteiger partial charge < -0.3 is 15.6 Å². The molecular weight excluding hydrogens is 256 g/mol. The van der Waals surface area contributed by atoms with E-state index in [4.69, 9.17) is 5.84 Å². The first kappa shape index (κ1) is 16.2. The van der Waals surface area contributed by atoms with Crippen LogP contribution in [0.25, 0.3) is 0 Å². The Balaban J connectivity index is 2.85. The summed E-state index contributed by atoms with van der Waals surface area (Å²) in [6.45, 7) is 5.05. The maximum Gasteiger partial charge on any atom is 0.239 e. The minimum Gasteiger partial charge on any atom is -0.355 e. The van der Waals surface area contributed by atoms with E-state index in [-0.39, 0.29) is 12.5 Å². The van der Waals surface area contributed by atoms with Crippen LogP contribution in [0.2, 0.25) is 0 Å². The van der Waals surface area contributed by atoms with Gasteiger partial charge >= 0.3 is 0 Å². The van der Waals surface area contributed by atoms with Crippen LogP contribution in [-0.4, -0.2) is 36.0 Å². The Hall–Kier alpha value is -1.89. The van der Waals surface area contributed by atoms with Gasteiger partial charge in [-0.3, -0.25) is 4.79 Å².